The summed E-state index contributed by atoms with van der Waals surface area (Å²) in [6.45, 7) is 1.68. The molecule has 27 heavy (non-hydrogen) atoms. The number of hydrogen-bond acceptors (Lipinski definition) is 4. The van der Waals surface area contributed by atoms with E-state index < -0.39 is 11.9 Å². The van der Waals surface area contributed by atoms with Gasteiger partial charge in [0.25, 0.3) is 5.91 Å². The van der Waals surface area contributed by atoms with Crippen molar-refractivity contribution in [2.24, 2.45) is 0 Å². The molecular formula is C20H15Cl2NO4. The maximum absolute atomic E-state index is 12.7. The van der Waals surface area contributed by atoms with Gasteiger partial charge in [-0.15, -0.1) is 0 Å². The van der Waals surface area contributed by atoms with Gasteiger partial charge in [0.05, 0.1) is 34.0 Å². The Hall–Kier alpha value is -2.76. The second kappa shape index (κ2) is 7.86. The molecule has 0 fully saturated rings. The van der Waals surface area contributed by atoms with E-state index in [0.717, 1.165) is 0 Å². The predicted octanol–water partition coefficient (Wildman–Crippen LogP) is 5.60. The summed E-state index contributed by atoms with van der Waals surface area (Å²) in [6, 6.07) is 13.3. The van der Waals surface area contributed by atoms with E-state index in [1.165, 1.54) is 7.11 Å². The fourth-order valence-electron chi connectivity index (χ4n) is 2.57. The van der Waals surface area contributed by atoms with Crippen LogP contribution in [-0.2, 0) is 4.74 Å². The first kappa shape index (κ1) is 19.0. The lowest BCUT2D eigenvalue weighted by atomic mass is 10.1. The molecule has 1 aromatic heterocycles. The molecular weight excluding hydrogens is 389 g/mol. The van der Waals surface area contributed by atoms with Crippen LogP contribution in [0.3, 0.4) is 0 Å². The summed E-state index contributed by atoms with van der Waals surface area (Å²) in [4.78, 5) is 24.5. The van der Waals surface area contributed by atoms with Gasteiger partial charge in [-0.1, -0.05) is 35.3 Å². The van der Waals surface area contributed by atoms with Crippen molar-refractivity contribution in [3.8, 4) is 11.3 Å². The largest absolute Gasteiger partial charge is 0.465 e. The number of nitrogens with one attached hydrogen (secondary N) is 1. The molecule has 3 rings (SSSR count). The zero-order valence-electron chi connectivity index (χ0n) is 14.5. The molecule has 0 saturated carbocycles. The van der Waals surface area contributed by atoms with Crippen LogP contribution in [0.25, 0.3) is 11.3 Å². The molecule has 0 unspecified atom stereocenters. The quantitative estimate of drug-likeness (QED) is 0.575. The molecule has 3 aromatic rings. The number of halogens is 2. The van der Waals surface area contributed by atoms with Crippen molar-refractivity contribution >= 4 is 40.8 Å². The summed E-state index contributed by atoms with van der Waals surface area (Å²) in [5.41, 5.74) is 1.66. The lowest BCUT2D eigenvalue weighted by Gasteiger charge is -2.08. The molecule has 0 radical (unpaired) electrons. The van der Waals surface area contributed by atoms with Crippen LogP contribution in [0.2, 0.25) is 10.0 Å². The van der Waals surface area contributed by atoms with Crippen LogP contribution in [0.4, 0.5) is 5.69 Å². The minimum atomic E-state index is -0.536. The van der Waals surface area contributed by atoms with Gasteiger partial charge in [0.15, 0.2) is 0 Å². The molecule has 0 atom stereocenters. The molecule has 138 valence electrons. The van der Waals surface area contributed by atoms with Gasteiger partial charge in [-0.25, -0.2) is 4.79 Å². The van der Waals surface area contributed by atoms with Crippen LogP contribution in [0.5, 0.6) is 0 Å². The first-order valence-electron chi connectivity index (χ1n) is 7.95. The SMILES string of the molecule is COC(=O)c1ccccc1NC(=O)c1cc(-c2ccc(Cl)c(Cl)c2)oc1C. The van der Waals surface area contributed by atoms with Gasteiger partial charge in [0, 0.05) is 5.56 Å². The molecule has 0 aliphatic heterocycles. The molecule has 1 amide bonds. The number of rotatable bonds is 4. The van der Waals surface area contributed by atoms with E-state index in [4.69, 9.17) is 32.4 Å². The third-order valence-electron chi connectivity index (χ3n) is 3.95. The predicted molar refractivity (Wildman–Crippen MR) is 105 cm³/mol. The third kappa shape index (κ3) is 3.99. The monoisotopic (exact) mass is 403 g/mol. The highest BCUT2D eigenvalue weighted by Gasteiger charge is 2.19. The standard InChI is InChI=1S/C20H15Cl2NO4/c1-11-14(10-18(27-11)12-7-8-15(21)16(22)9-12)19(24)23-17-6-4-3-5-13(17)20(25)26-2/h3-10H,1-2H3,(H,23,24). The van der Waals surface area contributed by atoms with Crippen LogP contribution in [0.15, 0.2) is 52.9 Å². The molecule has 0 spiro atoms. The minimum Gasteiger partial charge on any atom is -0.465 e. The lowest BCUT2D eigenvalue weighted by Crippen LogP contribution is -2.15. The Kier molecular flexibility index (Phi) is 5.54. The van der Waals surface area contributed by atoms with Crippen molar-refractivity contribution < 1.29 is 18.7 Å². The highest BCUT2D eigenvalue weighted by Crippen LogP contribution is 2.31. The van der Waals surface area contributed by atoms with E-state index in [2.05, 4.69) is 5.32 Å². The summed E-state index contributed by atoms with van der Waals surface area (Å²) in [5, 5.41) is 3.54. The average Bonchev–Trinajstić information content (AvgIpc) is 3.05. The second-order valence-corrected chi connectivity index (χ2v) is 6.52. The maximum Gasteiger partial charge on any atom is 0.339 e. The molecule has 0 aliphatic carbocycles. The van der Waals surface area contributed by atoms with Crippen LogP contribution in [0, 0.1) is 6.92 Å². The molecule has 0 aliphatic rings. The molecule has 2 aromatic carbocycles. The summed E-state index contributed by atoms with van der Waals surface area (Å²) in [5.74, 6) is -0.0215. The Bertz CT molecular complexity index is 1030. The normalized spacial score (nSPS) is 10.5. The Morgan fingerprint density at radius 2 is 1.74 bits per heavy atom. The number of ether oxygens (including phenoxy) is 1. The fraction of sp³-hybridized carbons (Fsp3) is 0.100. The molecule has 0 saturated heterocycles. The van der Waals surface area contributed by atoms with Crippen molar-refractivity contribution in [1.82, 2.24) is 0 Å². The van der Waals surface area contributed by atoms with Crippen molar-refractivity contribution in [3.63, 3.8) is 0 Å². The summed E-state index contributed by atoms with van der Waals surface area (Å²) >= 11 is 12.0. The number of hydrogen-bond donors (Lipinski definition) is 1. The van der Waals surface area contributed by atoms with E-state index in [9.17, 15) is 9.59 Å². The first-order valence-corrected chi connectivity index (χ1v) is 8.71. The number of aryl methyl sites for hydroxylation is 1. The summed E-state index contributed by atoms with van der Waals surface area (Å²) in [6.07, 6.45) is 0. The van der Waals surface area contributed by atoms with Crippen molar-refractivity contribution in [2.75, 3.05) is 12.4 Å². The van der Waals surface area contributed by atoms with Crippen LogP contribution < -0.4 is 5.32 Å². The lowest BCUT2D eigenvalue weighted by molar-refractivity contribution is 0.0602. The van der Waals surface area contributed by atoms with Crippen molar-refractivity contribution in [1.29, 1.82) is 0 Å². The highest BCUT2D eigenvalue weighted by atomic mass is 35.5. The summed E-state index contributed by atoms with van der Waals surface area (Å²) in [7, 11) is 1.28. The van der Waals surface area contributed by atoms with Crippen molar-refractivity contribution in [3.05, 3.63) is 75.5 Å². The van der Waals surface area contributed by atoms with Gasteiger partial charge >= 0.3 is 5.97 Å². The number of esters is 1. The molecule has 0 bridgehead atoms. The van der Waals surface area contributed by atoms with Crippen LogP contribution in [0.1, 0.15) is 26.5 Å². The average molecular weight is 404 g/mol. The fourth-order valence-corrected chi connectivity index (χ4v) is 2.87. The number of anilines is 1. The smallest absolute Gasteiger partial charge is 0.339 e. The number of para-hydroxylation sites is 1. The Morgan fingerprint density at radius 3 is 2.44 bits per heavy atom. The zero-order chi connectivity index (χ0) is 19.6. The van der Waals surface area contributed by atoms with E-state index in [1.54, 1.807) is 55.5 Å². The number of furan rings is 1. The Morgan fingerprint density at radius 1 is 1.00 bits per heavy atom. The number of benzene rings is 2. The highest BCUT2D eigenvalue weighted by molar-refractivity contribution is 6.42. The number of amides is 1. The number of carbonyl (C=O) groups excluding carboxylic acids is 2. The molecule has 1 N–H and O–H groups in total. The van der Waals surface area contributed by atoms with Crippen molar-refractivity contribution in [2.45, 2.75) is 6.92 Å². The second-order valence-electron chi connectivity index (χ2n) is 5.70. The van der Waals surface area contributed by atoms with E-state index in [-0.39, 0.29) is 5.56 Å². The molecule has 5 nitrogen and oxygen atoms in total. The van der Waals surface area contributed by atoms with Gasteiger partial charge in [-0.2, -0.15) is 0 Å². The van der Waals surface area contributed by atoms with Gasteiger partial charge in [-0.05, 0) is 43.3 Å². The number of carbonyl (C=O) groups is 2. The summed E-state index contributed by atoms with van der Waals surface area (Å²) < 4.78 is 10.4. The van der Waals surface area contributed by atoms with Gasteiger partial charge in [0.2, 0.25) is 0 Å². The molecule has 7 heteroatoms. The zero-order valence-corrected chi connectivity index (χ0v) is 16.0. The van der Waals surface area contributed by atoms with E-state index >= 15 is 0 Å². The third-order valence-corrected chi connectivity index (χ3v) is 4.69. The topological polar surface area (TPSA) is 68.5 Å². The first-order chi connectivity index (χ1) is 12.9. The van der Waals surface area contributed by atoms with Gasteiger partial charge < -0.3 is 14.5 Å². The van der Waals surface area contributed by atoms with Crippen LogP contribution >= 0.6 is 23.2 Å². The number of methoxy groups -OCH3 is 1. The van der Waals surface area contributed by atoms with E-state index in [1.807, 2.05) is 0 Å². The minimum absolute atomic E-state index is 0.263. The van der Waals surface area contributed by atoms with E-state index in [0.29, 0.717) is 38.4 Å². The van der Waals surface area contributed by atoms with Crippen LogP contribution in [-0.4, -0.2) is 19.0 Å². The molecule has 1 heterocycles. The Labute approximate surface area is 165 Å². The Balaban J connectivity index is 1.90. The maximum atomic E-state index is 12.7. The van der Waals surface area contributed by atoms with Gasteiger partial charge in [0.1, 0.15) is 11.5 Å². The van der Waals surface area contributed by atoms with Gasteiger partial charge in [-0.3, -0.25) is 4.79 Å².